The van der Waals surface area contributed by atoms with E-state index in [9.17, 15) is 4.79 Å². The van der Waals surface area contributed by atoms with Crippen LogP contribution < -0.4 is 15.0 Å². The summed E-state index contributed by atoms with van der Waals surface area (Å²) in [6, 6.07) is 7.13. The Morgan fingerprint density at radius 3 is 2.57 bits per heavy atom. The first-order valence-electron chi connectivity index (χ1n) is 6.23. The third kappa shape index (κ3) is 2.81. The molecule has 0 aliphatic rings. The molecular formula is C14H12N4O3. The van der Waals surface area contributed by atoms with E-state index in [-0.39, 0.29) is 17.7 Å². The number of nitrogens with one attached hydrogen (secondary N) is 1. The van der Waals surface area contributed by atoms with Crippen LogP contribution >= 0.6 is 0 Å². The number of fused-ring (bicyclic) bond motifs is 1. The van der Waals surface area contributed by atoms with Crippen LogP contribution in [0.2, 0.25) is 0 Å². The smallest absolute Gasteiger partial charge is 0.279 e. The molecule has 7 heteroatoms. The van der Waals surface area contributed by atoms with Gasteiger partial charge in [-0.15, -0.1) is 0 Å². The molecule has 1 aromatic carbocycles. The monoisotopic (exact) mass is 284 g/mol. The van der Waals surface area contributed by atoms with Crippen molar-refractivity contribution in [1.82, 2.24) is 19.9 Å². The molecule has 0 saturated heterocycles. The largest absolute Gasteiger partial charge is 0.497 e. The molecule has 0 atom stereocenters. The highest BCUT2D eigenvalue weighted by molar-refractivity contribution is 5.67. The topological polar surface area (TPSA) is 90.0 Å². The van der Waals surface area contributed by atoms with Crippen molar-refractivity contribution in [2.75, 3.05) is 7.11 Å². The van der Waals surface area contributed by atoms with Gasteiger partial charge in [0, 0.05) is 12.4 Å². The Bertz CT molecular complexity index is 814. The maximum absolute atomic E-state index is 11.8. The lowest BCUT2D eigenvalue weighted by Gasteiger charge is -2.06. The van der Waals surface area contributed by atoms with E-state index < -0.39 is 0 Å². The minimum absolute atomic E-state index is 0.133. The maximum atomic E-state index is 11.8. The molecule has 3 aromatic rings. The summed E-state index contributed by atoms with van der Waals surface area (Å²) in [5.74, 6) is 1.79. The second kappa shape index (κ2) is 5.58. The molecule has 0 amide bonds. The Morgan fingerprint density at radius 1 is 1.10 bits per heavy atom. The fourth-order valence-corrected chi connectivity index (χ4v) is 1.81. The fourth-order valence-electron chi connectivity index (χ4n) is 1.81. The second-order valence-corrected chi connectivity index (χ2v) is 4.21. The highest BCUT2D eigenvalue weighted by Gasteiger charge is 2.06. The average Bonchev–Trinajstić information content (AvgIpc) is 2.53. The number of methoxy groups -OCH3 is 1. The van der Waals surface area contributed by atoms with Crippen molar-refractivity contribution >= 4 is 11.2 Å². The van der Waals surface area contributed by atoms with E-state index in [1.165, 1.54) is 12.4 Å². The highest BCUT2D eigenvalue weighted by Crippen LogP contribution is 2.17. The molecule has 0 unspecified atom stereocenters. The predicted octanol–water partition coefficient (Wildman–Crippen LogP) is 1.30. The van der Waals surface area contributed by atoms with Gasteiger partial charge in [0.2, 0.25) is 0 Å². The minimum Gasteiger partial charge on any atom is -0.497 e. The van der Waals surface area contributed by atoms with Crippen LogP contribution in [-0.2, 0) is 6.61 Å². The Hall–Kier alpha value is -2.96. The quantitative estimate of drug-likeness (QED) is 0.776. The summed E-state index contributed by atoms with van der Waals surface area (Å²) in [4.78, 5) is 26.6. The van der Waals surface area contributed by atoms with Gasteiger partial charge in [0.25, 0.3) is 5.56 Å². The predicted molar refractivity (Wildman–Crippen MR) is 75.3 cm³/mol. The van der Waals surface area contributed by atoms with Crippen LogP contribution in [0.25, 0.3) is 11.2 Å². The number of benzene rings is 1. The summed E-state index contributed by atoms with van der Waals surface area (Å²) in [6.07, 6.45) is 2.94. The average molecular weight is 284 g/mol. The number of nitrogens with zero attached hydrogens (tertiary/aromatic N) is 3. The number of hydrogen-bond acceptors (Lipinski definition) is 6. The third-order valence-corrected chi connectivity index (χ3v) is 2.83. The Balaban J connectivity index is 1.80. The van der Waals surface area contributed by atoms with E-state index in [4.69, 9.17) is 9.47 Å². The molecule has 0 aliphatic heterocycles. The van der Waals surface area contributed by atoms with Crippen LogP contribution in [0.15, 0.2) is 41.5 Å². The van der Waals surface area contributed by atoms with Crippen LogP contribution in [0.4, 0.5) is 0 Å². The fraction of sp³-hybridized carbons (Fsp3) is 0.143. The van der Waals surface area contributed by atoms with Gasteiger partial charge >= 0.3 is 0 Å². The molecule has 2 heterocycles. The molecule has 3 rings (SSSR count). The van der Waals surface area contributed by atoms with E-state index in [1.807, 2.05) is 0 Å². The molecule has 1 N–H and O–H groups in total. The van der Waals surface area contributed by atoms with Crippen molar-refractivity contribution in [3.05, 3.63) is 52.8 Å². The first kappa shape index (κ1) is 13.0. The lowest BCUT2D eigenvalue weighted by atomic mass is 10.3. The molecule has 2 aromatic heterocycles. The molecule has 0 radical (unpaired) electrons. The van der Waals surface area contributed by atoms with Gasteiger partial charge in [0.15, 0.2) is 11.2 Å². The van der Waals surface area contributed by atoms with Crippen LogP contribution in [0.5, 0.6) is 11.5 Å². The number of H-pyrrole nitrogens is 1. The first-order chi connectivity index (χ1) is 10.3. The summed E-state index contributed by atoms with van der Waals surface area (Å²) < 4.78 is 10.6. The summed E-state index contributed by atoms with van der Waals surface area (Å²) in [5, 5.41) is 0. The number of aromatic amines is 1. The SMILES string of the molecule is COc1ccc(OCc2nc3nccnc3c(=O)[nH]2)cc1. The van der Waals surface area contributed by atoms with E-state index in [1.54, 1.807) is 31.4 Å². The highest BCUT2D eigenvalue weighted by atomic mass is 16.5. The number of ether oxygens (including phenoxy) is 2. The van der Waals surface area contributed by atoms with Crippen molar-refractivity contribution in [2.45, 2.75) is 6.61 Å². The zero-order chi connectivity index (χ0) is 14.7. The molecule has 0 bridgehead atoms. The zero-order valence-corrected chi connectivity index (χ0v) is 11.2. The second-order valence-electron chi connectivity index (χ2n) is 4.21. The van der Waals surface area contributed by atoms with Gasteiger partial charge in [-0.1, -0.05) is 0 Å². The van der Waals surface area contributed by atoms with Gasteiger partial charge in [-0.25, -0.2) is 15.0 Å². The molecule has 106 valence electrons. The van der Waals surface area contributed by atoms with Crippen LogP contribution in [0.1, 0.15) is 5.82 Å². The van der Waals surface area contributed by atoms with E-state index in [2.05, 4.69) is 19.9 Å². The Morgan fingerprint density at radius 2 is 1.81 bits per heavy atom. The van der Waals surface area contributed by atoms with Crippen LogP contribution in [0.3, 0.4) is 0 Å². The lowest BCUT2D eigenvalue weighted by molar-refractivity contribution is 0.295. The normalized spacial score (nSPS) is 10.5. The lowest BCUT2D eigenvalue weighted by Crippen LogP contribution is -2.15. The maximum Gasteiger partial charge on any atom is 0.279 e. The number of rotatable bonds is 4. The van der Waals surface area contributed by atoms with Gasteiger partial charge in [-0.05, 0) is 24.3 Å². The van der Waals surface area contributed by atoms with Crippen molar-refractivity contribution in [2.24, 2.45) is 0 Å². The van der Waals surface area contributed by atoms with Crippen molar-refractivity contribution < 1.29 is 9.47 Å². The van der Waals surface area contributed by atoms with Gasteiger partial charge in [-0.3, -0.25) is 4.79 Å². The first-order valence-corrected chi connectivity index (χ1v) is 6.23. The summed E-state index contributed by atoms with van der Waals surface area (Å²) in [7, 11) is 1.60. The minimum atomic E-state index is -0.332. The van der Waals surface area contributed by atoms with Crippen LogP contribution in [-0.4, -0.2) is 27.0 Å². The summed E-state index contributed by atoms with van der Waals surface area (Å²) >= 11 is 0. The molecule has 7 nitrogen and oxygen atoms in total. The standard InChI is InChI=1S/C14H12N4O3/c1-20-9-2-4-10(5-3-9)21-8-11-17-13-12(14(19)18-11)15-6-7-16-13/h2-7H,8H2,1H3,(H,16,17,18,19). The van der Waals surface area contributed by atoms with E-state index in [0.29, 0.717) is 17.2 Å². The van der Waals surface area contributed by atoms with Crippen molar-refractivity contribution in [3.8, 4) is 11.5 Å². The number of aromatic nitrogens is 4. The van der Waals surface area contributed by atoms with Crippen molar-refractivity contribution in [3.63, 3.8) is 0 Å². The number of hydrogen-bond donors (Lipinski definition) is 1. The van der Waals surface area contributed by atoms with Gasteiger partial charge < -0.3 is 14.5 Å². The van der Waals surface area contributed by atoms with Gasteiger partial charge in [0.05, 0.1) is 7.11 Å². The molecule has 0 fully saturated rings. The van der Waals surface area contributed by atoms with Gasteiger partial charge in [-0.2, -0.15) is 0 Å². The Labute approximate surface area is 119 Å². The van der Waals surface area contributed by atoms with Crippen molar-refractivity contribution in [1.29, 1.82) is 0 Å². The molecule has 21 heavy (non-hydrogen) atoms. The summed E-state index contributed by atoms with van der Waals surface area (Å²) in [5.41, 5.74) is 0.182. The molecule has 0 aliphatic carbocycles. The van der Waals surface area contributed by atoms with Gasteiger partial charge in [0.1, 0.15) is 23.9 Å². The zero-order valence-electron chi connectivity index (χ0n) is 11.2. The Kier molecular flexibility index (Phi) is 3.46. The molecule has 0 spiro atoms. The molecule has 0 saturated carbocycles. The summed E-state index contributed by atoms with van der Waals surface area (Å²) in [6.45, 7) is 0.133. The molecular weight excluding hydrogens is 272 g/mol. The van der Waals surface area contributed by atoms with Crippen LogP contribution in [0, 0.1) is 0 Å². The van der Waals surface area contributed by atoms with E-state index >= 15 is 0 Å². The third-order valence-electron chi connectivity index (χ3n) is 2.83. The van der Waals surface area contributed by atoms with E-state index in [0.717, 1.165) is 5.75 Å².